The molecule has 0 saturated heterocycles. The van der Waals surface area contributed by atoms with Crippen molar-refractivity contribution in [1.29, 1.82) is 0 Å². The summed E-state index contributed by atoms with van der Waals surface area (Å²) in [6, 6.07) is 0. The van der Waals surface area contributed by atoms with Gasteiger partial charge in [0.1, 0.15) is 11.9 Å². The van der Waals surface area contributed by atoms with Crippen LogP contribution in [0.2, 0.25) is 0 Å². The first-order valence-electron chi connectivity index (χ1n) is 9.05. The highest BCUT2D eigenvalue weighted by molar-refractivity contribution is 7.72. The molecule has 0 radical (unpaired) electrons. The Kier molecular flexibility index (Phi) is 6.48. The normalized spacial score (nSPS) is 23.0. The van der Waals surface area contributed by atoms with Crippen LogP contribution in [0.1, 0.15) is 53.4 Å². The van der Waals surface area contributed by atoms with Crippen molar-refractivity contribution in [3.63, 3.8) is 0 Å². The summed E-state index contributed by atoms with van der Waals surface area (Å²) in [7, 11) is -10.4. The van der Waals surface area contributed by atoms with Crippen molar-refractivity contribution in [1.82, 2.24) is 9.96 Å². The van der Waals surface area contributed by atoms with E-state index >= 15 is 0 Å². The molecule has 26 heavy (non-hydrogen) atoms. The monoisotopic (exact) mass is 412 g/mol. The SMILES string of the molecule is CCC1=C(C2CC2)ON(CC)C1N(CC)C(CC)(P(=O)(O)O)P(=O)(O)O. The van der Waals surface area contributed by atoms with E-state index in [2.05, 4.69) is 0 Å². The van der Waals surface area contributed by atoms with Crippen LogP contribution in [-0.2, 0) is 14.0 Å². The van der Waals surface area contributed by atoms with Crippen molar-refractivity contribution in [2.75, 3.05) is 13.1 Å². The number of hydrogen-bond acceptors (Lipinski definition) is 5. The molecule has 1 heterocycles. The third-order valence-corrected chi connectivity index (χ3v) is 9.84. The van der Waals surface area contributed by atoms with Gasteiger partial charge < -0.3 is 24.4 Å². The predicted molar refractivity (Wildman–Crippen MR) is 96.8 cm³/mol. The van der Waals surface area contributed by atoms with Crippen molar-refractivity contribution in [3.05, 3.63) is 11.3 Å². The van der Waals surface area contributed by atoms with E-state index in [1.165, 1.54) is 11.8 Å². The van der Waals surface area contributed by atoms with Crippen LogP contribution < -0.4 is 0 Å². The molecule has 9 nitrogen and oxygen atoms in total. The molecule has 152 valence electrons. The number of rotatable bonds is 9. The van der Waals surface area contributed by atoms with Crippen molar-refractivity contribution in [2.24, 2.45) is 5.92 Å². The summed E-state index contributed by atoms with van der Waals surface area (Å²) in [5.41, 5.74) is 0.843. The molecule has 2 rings (SSSR count). The fraction of sp³-hybridized carbons (Fsp3) is 0.867. The summed E-state index contributed by atoms with van der Waals surface area (Å²) in [6.45, 7) is 7.27. The van der Waals surface area contributed by atoms with Crippen molar-refractivity contribution in [2.45, 2.75) is 64.6 Å². The molecule has 0 aromatic heterocycles. The van der Waals surface area contributed by atoms with Crippen LogP contribution in [0.3, 0.4) is 0 Å². The van der Waals surface area contributed by atoms with Gasteiger partial charge in [0.15, 0.2) is 0 Å². The highest BCUT2D eigenvalue weighted by atomic mass is 31.2. The molecule has 2 aliphatic rings. The molecule has 1 fully saturated rings. The van der Waals surface area contributed by atoms with Gasteiger partial charge >= 0.3 is 15.2 Å². The summed E-state index contributed by atoms with van der Waals surface area (Å²) < 4.78 is 24.8. The molecular formula is C15H30N2O7P2. The molecule has 1 aliphatic carbocycles. The fourth-order valence-corrected chi connectivity index (χ4v) is 7.25. The van der Waals surface area contributed by atoms with E-state index in [9.17, 15) is 28.7 Å². The standard InChI is InChI=1S/C15H30N2O7P2/c1-5-12-13(11-9-10-11)24-17(8-4)14(12)16(7-3)15(6-2,25(18,19)20)26(21,22)23/h11,14H,5-10H2,1-4H3,(H2,18,19,20)(H2,21,22,23). The second-order valence-electron chi connectivity index (χ2n) is 6.72. The van der Waals surface area contributed by atoms with E-state index in [-0.39, 0.29) is 18.9 Å². The molecule has 4 N–H and O–H groups in total. The average Bonchev–Trinajstić information content (AvgIpc) is 3.30. The minimum atomic E-state index is -5.20. The topological polar surface area (TPSA) is 131 Å². The first kappa shape index (κ1) is 22.1. The zero-order valence-electron chi connectivity index (χ0n) is 15.7. The Morgan fingerprint density at radius 1 is 1.12 bits per heavy atom. The third-order valence-electron chi connectivity index (χ3n) is 5.26. The molecule has 1 atom stereocenters. The van der Waals surface area contributed by atoms with Crippen LogP contribution in [0, 0.1) is 5.92 Å². The van der Waals surface area contributed by atoms with Gasteiger partial charge in [-0.3, -0.25) is 14.0 Å². The van der Waals surface area contributed by atoms with E-state index in [0.29, 0.717) is 13.0 Å². The molecule has 1 unspecified atom stereocenters. The van der Waals surface area contributed by atoms with E-state index in [1.807, 2.05) is 13.8 Å². The Hall–Kier alpha value is -0.240. The van der Waals surface area contributed by atoms with Gasteiger partial charge in [0.05, 0.1) is 0 Å². The smallest absolute Gasteiger partial charge is 0.358 e. The molecule has 0 bridgehead atoms. The Morgan fingerprint density at radius 2 is 1.65 bits per heavy atom. The molecule has 1 aliphatic heterocycles. The first-order valence-corrected chi connectivity index (χ1v) is 12.3. The van der Waals surface area contributed by atoms with Gasteiger partial charge in [-0.05, 0) is 39.2 Å². The summed E-state index contributed by atoms with van der Waals surface area (Å²) in [5, 5.41) is -1.01. The summed E-state index contributed by atoms with van der Waals surface area (Å²) in [5.74, 6) is 1.07. The highest BCUT2D eigenvalue weighted by Crippen LogP contribution is 2.72. The minimum Gasteiger partial charge on any atom is -0.408 e. The number of nitrogens with zero attached hydrogens (tertiary/aromatic N) is 2. The molecule has 0 amide bonds. The van der Waals surface area contributed by atoms with Crippen molar-refractivity contribution in [3.8, 4) is 0 Å². The fourth-order valence-electron chi connectivity index (χ4n) is 3.90. The van der Waals surface area contributed by atoms with Gasteiger partial charge in [-0.15, -0.1) is 5.06 Å². The van der Waals surface area contributed by atoms with Crippen LogP contribution >= 0.6 is 15.2 Å². The average molecular weight is 412 g/mol. The van der Waals surface area contributed by atoms with Gasteiger partial charge in [0.25, 0.3) is 0 Å². The second-order valence-corrected chi connectivity index (χ2v) is 10.7. The van der Waals surface area contributed by atoms with Crippen LogP contribution in [0.5, 0.6) is 0 Å². The minimum absolute atomic E-state index is 0.0516. The molecule has 11 heteroatoms. The summed E-state index contributed by atoms with van der Waals surface area (Å²) >= 11 is 0. The Labute approximate surface area is 154 Å². The van der Waals surface area contributed by atoms with Crippen LogP contribution in [-0.4, -0.2) is 53.8 Å². The van der Waals surface area contributed by atoms with E-state index in [0.717, 1.165) is 24.2 Å². The lowest BCUT2D eigenvalue weighted by Gasteiger charge is -2.47. The maximum Gasteiger partial charge on any atom is 0.358 e. The van der Waals surface area contributed by atoms with Crippen molar-refractivity contribution >= 4 is 15.2 Å². The van der Waals surface area contributed by atoms with Gasteiger partial charge in [0.2, 0.25) is 5.02 Å². The molecule has 0 aromatic carbocycles. The number of hydrogen-bond donors (Lipinski definition) is 4. The lowest BCUT2D eigenvalue weighted by atomic mass is 10.1. The first-order chi connectivity index (χ1) is 12.0. The maximum absolute atomic E-state index is 12.4. The highest BCUT2D eigenvalue weighted by Gasteiger charge is 2.65. The van der Waals surface area contributed by atoms with Crippen LogP contribution in [0.15, 0.2) is 11.3 Å². The lowest BCUT2D eigenvalue weighted by Crippen LogP contribution is -2.57. The van der Waals surface area contributed by atoms with Gasteiger partial charge in [-0.2, -0.15) is 0 Å². The quantitative estimate of drug-likeness (QED) is 0.422. The van der Waals surface area contributed by atoms with E-state index in [4.69, 9.17) is 4.84 Å². The lowest BCUT2D eigenvalue weighted by molar-refractivity contribution is -0.159. The predicted octanol–water partition coefficient (Wildman–Crippen LogP) is 2.39. The van der Waals surface area contributed by atoms with Crippen molar-refractivity contribution < 1.29 is 33.5 Å². The Balaban J connectivity index is 2.66. The second kappa shape index (κ2) is 7.64. The molecule has 0 aromatic rings. The Morgan fingerprint density at radius 3 is 1.96 bits per heavy atom. The summed E-state index contributed by atoms with van der Waals surface area (Å²) in [4.78, 5) is 47.4. The largest absolute Gasteiger partial charge is 0.408 e. The molecule has 0 spiro atoms. The molecule has 1 saturated carbocycles. The number of hydroxylamine groups is 2. The summed E-state index contributed by atoms with van der Waals surface area (Å²) in [6.07, 6.45) is 1.45. The van der Waals surface area contributed by atoms with Gasteiger partial charge in [-0.1, -0.05) is 20.8 Å². The van der Waals surface area contributed by atoms with Gasteiger partial charge in [-0.25, -0.2) is 0 Å². The maximum atomic E-state index is 12.4. The van der Waals surface area contributed by atoms with Crippen LogP contribution in [0.4, 0.5) is 0 Å². The Bertz CT molecular complexity index is 630. The van der Waals surface area contributed by atoms with E-state index in [1.54, 1.807) is 12.0 Å². The number of likely N-dealkylation sites (N-methyl/N-ethyl adjacent to an activating group) is 2. The van der Waals surface area contributed by atoms with Gasteiger partial charge in [0, 0.05) is 18.0 Å². The number of allylic oxidation sites excluding steroid dienone is 1. The third kappa shape index (κ3) is 3.45. The zero-order chi connectivity index (χ0) is 19.9. The van der Waals surface area contributed by atoms with E-state index < -0.39 is 26.4 Å². The zero-order valence-corrected chi connectivity index (χ0v) is 17.5. The molecular weight excluding hydrogens is 382 g/mol. The van der Waals surface area contributed by atoms with Crippen LogP contribution in [0.25, 0.3) is 0 Å².